The summed E-state index contributed by atoms with van der Waals surface area (Å²) in [7, 11) is 0. The van der Waals surface area contributed by atoms with Crippen molar-refractivity contribution in [2.45, 2.75) is 32.4 Å². The van der Waals surface area contributed by atoms with Crippen molar-refractivity contribution in [1.82, 2.24) is 29.2 Å². The van der Waals surface area contributed by atoms with Crippen molar-refractivity contribution in [2.24, 2.45) is 0 Å². The molecular weight excluding hydrogens is 397 g/mol. The number of aromatic nitrogens is 5. The highest BCUT2D eigenvalue weighted by molar-refractivity contribution is 7.09. The largest absolute Gasteiger partial charge is 0.490 e. The van der Waals surface area contributed by atoms with Crippen LogP contribution in [-0.4, -0.2) is 53.0 Å². The van der Waals surface area contributed by atoms with Gasteiger partial charge in [0.25, 0.3) is 0 Å². The molecule has 0 radical (unpaired) electrons. The molecule has 1 N–H and O–H groups in total. The Labute approximate surface area is 161 Å². The van der Waals surface area contributed by atoms with Crippen LogP contribution in [0.25, 0.3) is 0 Å². The lowest BCUT2D eigenvalue weighted by Gasteiger charge is -2.26. The molecule has 12 heteroatoms. The van der Waals surface area contributed by atoms with Crippen molar-refractivity contribution >= 4 is 17.3 Å². The summed E-state index contributed by atoms with van der Waals surface area (Å²) in [6, 6.07) is 1.94. The van der Waals surface area contributed by atoms with E-state index in [1.807, 2.05) is 28.5 Å². The maximum Gasteiger partial charge on any atom is 0.490 e. The van der Waals surface area contributed by atoms with Gasteiger partial charge in [-0.15, -0.1) is 11.3 Å². The Balaban J connectivity index is 0.000000279. The lowest BCUT2D eigenvalue weighted by molar-refractivity contribution is -0.192. The fourth-order valence-corrected chi connectivity index (χ4v) is 3.31. The van der Waals surface area contributed by atoms with Gasteiger partial charge in [0, 0.05) is 43.3 Å². The summed E-state index contributed by atoms with van der Waals surface area (Å²) in [5.41, 5.74) is 1.07. The quantitative estimate of drug-likeness (QED) is 0.704. The topological polar surface area (TPSA) is 89.1 Å². The Morgan fingerprint density at radius 1 is 1.25 bits per heavy atom. The highest BCUT2D eigenvalue weighted by atomic mass is 32.1. The Kier molecular flexibility index (Phi) is 6.09. The number of carboxylic acids is 1. The summed E-state index contributed by atoms with van der Waals surface area (Å²) in [5, 5.41) is 14.6. The zero-order valence-electron chi connectivity index (χ0n) is 14.6. The van der Waals surface area contributed by atoms with E-state index in [4.69, 9.17) is 14.9 Å². The molecule has 4 heterocycles. The molecule has 1 aliphatic rings. The second-order valence-electron chi connectivity index (χ2n) is 5.98. The smallest absolute Gasteiger partial charge is 0.475 e. The van der Waals surface area contributed by atoms with Gasteiger partial charge < -0.3 is 9.67 Å². The van der Waals surface area contributed by atoms with Crippen molar-refractivity contribution < 1.29 is 23.1 Å². The van der Waals surface area contributed by atoms with Crippen LogP contribution in [0, 0.1) is 0 Å². The molecular formula is C16H17F3N6O2S. The van der Waals surface area contributed by atoms with Crippen molar-refractivity contribution in [3.8, 4) is 0 Å². The number of nitrogens with zero attached hydrogens (tertiary/aromatic N) is 6. The summed E-state index contributed by atoms with van der Waals surface area (Å²) < 4.78 is 35.9. The number of hydrogen-bond donors (Lipinski definition) is 1. The normalized spacial score (nSPS) is 14.2. The monoisotopic (exact) mass is 414 g/mol. The molecule has 3 aromatic heterocycles. The minimum atomic E-state index is -5.08. The zero-order valence-corrected chi connectivity index (χ0v) is 15.4. The number of fused-ring (bicyclic) bond motifs is 1. The Morgan fingerprint density at radius 3 is 2.64 bits per heavy atom. The molecule has 4 rings (SSSR count). The van der Waals surface area contributed by atoms with E-state index in [1.165, 1.54) is 5.01 Å². The minimum absolute atomic E-state index is 0.736. The summed E-state index contributed by atoms with van der Waals surface area (Å²) in [6.45, 7) is 4.58. The summed E-state index contributed by atoms with van der Waals surface area (Å²) in [6.07, 6.45) is 2.70. The number of alkyl halides is 3. The number of aliphatic carboxylic acids is 1. The average Bonchev–Trinajstić information content (AvgIpc) is 3.36. The number of carbonyl (C=O) groups is 1. The number of imidazole rings is 1. The van der Waals surface area contributed by atoms with E-state index in [-0.39, 0.29) is 0 Å². The standard InChI is InChI=1S/C14H16N6S.C2HF3O2/c1-2-16-20(4-1)9-12-8-19-6-5-18(10-13(19)17-12)11-14-15-3-7-21-14;3-2(4,5)1(6)7/h1-4,7-8H,5-6,9-11H2;(H,6,7). The van der Waals surface area contributed by atoms with Crippen LogP contribution < -0.4 is 0 Å². The SMILES string of the molecule is O=C(O)C(F)(F)F.c1cnn(Cc2cn3c(n2)CN(Cc2nccs2)CC3)c1. The van der Waals surface area contributed by atoms with Gasteiger partial charge in [0.1, 0.15) is 10.8 Å². The number of thiazole rings is 1. The predicted octanol–water partition coefficient (Wildman–Crippen LogP) is 2.23. The summed E-state index contributed by atoms with van der Waals surface area (Å²) >= 11 is 1.71. The zero-order chi connectivity index (χ0) is 20.1. The van der Waals surface area contributed by atoms with Crippen molar-refractivity contribution in [3.63, 3.8) is 0 Å². The van der Waals surface area contributed by atoms with E-state index in [0.717, 1.165) is 44.2 Å². The molecule has 150 valence electrons. The molecule has 0 saturated carbocycles. The lowest BCUT2D eigenvalue weighted by atomic mass is 10.3. The van der Waals surface area contributed by atoms with Crippen LogP contribution in [-0.2, 0) is 31.0 Å². The van der Waals surface area contributed by atoms with Gasteiger partial charge in [-0.1, -0.05) is 0 Å². The van der Waals surface area contributed by atoms with Gasteiger partial charge in [0.15, 0.2) is 0 Å². The van der Waals surface area contributed by atoms with Crippen molar-refractivity contribution in [1.29, 1.82) is 0 Å². The molecule has 0 amide bonds. The van der Waals surface area contributed by atoms with Crippen molar-refractivity contribution in [3.05, 3.63) is 52.8 Å². The van der Waals surface area contributed by atoms with Crippen LogP contribution >= 0.6 is 11.3 Å². The number of rotatable bonds is 4. The van der Waals surface area contributed by atoms with E-state index in [1.54, 1.807) is 17.5 Å². The van der Waals surface area contributed by atoms with Crippen LogP contribution in [0.3, 0.4) is 0 Å². The molecule has 8 nitrogen and oxygen atoms in total. The summed E-state index contributed by atoms with van der Waals surface area (Å²) in [4.78, 5) is 20.4. The van der Waals surface area contributed by atoms with Crippen LogP contribution in [0.2, 0.25) is 0 Å². The molecule has 0 spiro atoms. The van der Waals surface area contributed by atoms with E-state index in [9.17, 15) is 13.2 Å². The van der Waals surface area contributed by atoms with Crippen LogP contribution in [0.5, 0.6) is 0 Å². The molecule has 3 aromatic rings. The van der Waals surface area contributed by atoms with Gasteiger partial charge in [-0.2, -0.15) is 18.3 Å². The first kappa shape index (κ1) is 20.0. The van der Waals surface area contributed by atoms with Crippen molar-refractivity contribution in [2.75, 3.05) is 6.54 Å². The first-order valence-electron chi connectivity index (χ1n) is 8.24. The summed E-state index contributed by atoms with van der Waals surface area (Å²) in [5.74, 6) is -1.62. The lowest BCUT2D eigenvalue weighted by Crippen LogP contribution is -2.33. The average molecular weight is 414 g/mol. The first-order chi connectivity index (χ1) is 13.3. The third-order valence-corrected chi connectivity index (χ3v) is 4.66. The number of hydrogen-bond acceptors (Lipinski definition) is 6. The molecule has 0 fully saturated rings. The second-order valence-corrected chi connectivity index (χ2v) is 6.96. The van der Waals surface area contributed by atoms with Crippen LogP contribution in [0.4, 0.5) is 13.2 Å². The van der Waals surface area contributed by atoms with Gasteiger partial charge in [-0.3, -0.25) is 9.58 Å². The molecule has 0 saturated heterocycles. The minimum Gasteiger partial charge on any atom is -0.475 e. The van der Waals surface area contributed by atoms with Gasteiger partial charge in [0.05, 0.1) is 25.3 Å². The fourth-order valence-electron chi connectivity index (χ4n) is 2.65. The third kappa shape index (κ3) is 5.39. The van der Waals surface area contributed by atoms with Gasteiger partial charge in [0.2, 0.25) is 0 Å². The van der Waals surface area contributed by atoms with E-state index >= 15 is 0 Å². The maximum atomic E-state index is 10.6. The molecule has 0 unspecified atom stereocenters. The van der Waals surface area contributed by atoms with Gasteiger partial charge in [-0.05, 0) is 6.07 Å². The Hall–Kier alpha value is -2.73. The second kappa shape index (κ2) is 8.52. The molecule has 28 heavy (non-hydrogen) atoms. The molecule has 1 aliphatic heterocycles. The molecule has 0 aliphatic carbocycles. The molecule has 0 aromatic carbocycles. The fraction of sp³-hybridized carbons (Fsp3) is 0.375. The maximum absolute atomic E-state index is 10.6. The molecule has 0 bridgehead atoms. The van der Waals surface area contributed by atoms with Gasteiger partial charge >= 0.3 is 12.1 Å². The molecule has 0 atom stereocenters. The highest BCUT2D eigenvalue weighted by Crippen LogP contribution is 2.17. The van der Waals surface area contributed by atoms with Crippen LogP contribution in [0.15, 0.2) is 36.2 Å². The Morgan fingerprint density at radius 2 is 2.04 bits per heavy atom. The highest BCUT2D eigenvalue weighted by Gasteiger charge is 2.38. The first-order valence-corrected chi connectivity index (χ1v) is 9.12. The van der Waals surface area contributed by atoms with E-state index in [2.05, 4.69) is 25.7 Å². The van der Waals surface area contributed by atoms with Crippen LogP contribution in [0.1, 0.15) is 16.5 Å². The van der Waals surface area contributed by atoms with Gasteiger partial charge in [-0.25, -0.2) is 14.8 Å². The Bertz CT molecular complexity index is 892. The van der Waals surface area contributed by atoms with E-state index < -0.39 is 12.1 Å². The third-order valence-electron chi connectivity index (χ3n) is 3.90. The number of carboxylic acid groups (broad SMARTS) is 1. The predicted molar refractivity (Wildman–Crippen MR) is 93.5 cm³/mol. The number of halogens is 3. The van der Waals surface area contributed by atoms with E-state index in [0.29, 0.717) is 0 Å².